The fraction of sp³-hybridized carbons (Fsp3) is 0.286. The van der Waals surface area contributed by atoms with Crippen LogP contribution in [0.5, 0.6) is 0 Å². The first kappa shape index (κ1) is 12.6. The third kappa shape index (κ3) is 2.36. The van der Waals surface area contributed by atoms with Gasteiger partial charge in [0.25, 0.3) is 5.91 Å². The molecule has 0 radical (unpaired) electrons. The van der Waals surface area contributed by atoms with Gasteiger partial charge in [0.1, 0.15) is 0 Å². The van der Waals surface area contributed by atoms with Gasteiger partial charge in [-0.25, -0.2) is 0 Å². The Morgan fingerprint density at radius 2 is 2.22 bits per heavy atom. The fourth-order valence-electron chi connectivity index (χ4n) is 1.88. The van der Waals surface area contributed by atoms with Crippen LogP contribution in [0.2, 0.25) is 0 Å². The van der Waals surface area contributed by atoms with Gasteiger partial charge in [0.2, 0.25) is 0 Å². The van der Waals surface area contributed by atoms with Crippen LogP contribution < -0.4 is 0 Å². The minimum absolute atomic E-state index is 0.0189. The van der Waals surface area contributed by atoms with Crippen LogP contribution in [0.4, 0.5) is 0 Å². The van der Waals surface area contributed by atoms with Gasteiger partial charge in [0.05, 0.1) is 17.6 Å². The first-order valence-corrected chi connectivity index (χ1v) is 6.62. The van der Waals surface area contributed by atoms with Crippen LogP contribution in [0, 0.1) is 17.2 Å². The van der Waals surface area contributed by atoms with E-state index in [2.05, 4.69) is 6.07 Å². The summed E-state index contributed by atoms with van der Waals surface area (Å²) in [6, 6.07) is 10.0. The Labute approximate surface area is 110 Å². The van der Waals surface area contributed by atoms with Crippen LogP contribution in [0.25, 0.3) is 10.1 Å². The highest BCUT2D eigenvalue weighted by Gasteiger charge is 2.17. The van der Waals surface area contributed by atoms with Crippen molar-refractivity contribution in [3.05, 3.63) is 35.2 Å². The Morgan fingerprint density at radius 3 is 2.94 bits per heavy atom. The molecule has 0 spiro atoms. The van der Waals surface area contributed by atoms with E-state index >= 15 is 0 Å². The Kier molecular flexibility index (Phi) is 3.63. The molecule has 0 saturated carbocycles. The lowest BCUT2D eigenvalue weighted by Crippen LogP contribution is -2.30. The Bertz CT molecular complexity index is 612. The molecule has 0 fully saturated rings. The maximum Gasteiger partial charge on any atom is 0.255 e. The lowest BCUT2D eigenvalue weighted by atomic mass is 10.1. The summed E-state index contributed by atoms with van der Waals surface area (Å²) < 4.78 is 1.11. The van der Waals surface area contributed by atoms with Crippen LogP contribution >= 0.6 is 11.3 Å². The molecule has 0 saturated heterocycles. The smallest absolute Gasteiger partial charge is 0.255 e. The Balaban J connectivity index is 2.26. The third-order valence-corrected chi connectivity index (χ3v) is 3.79. The van der Waals surface area contributed by atoms with Gasteiger partial charge in [-0.2, -0.15) is 5.26 Å². The first-order chi connectivity index (χ1) is 8.63. The number of carbonyl (C=O) groups excluding carboxylic acids is 1. The maximum absolute atomic E-state index is 12.3. The largest absolute Gasteiger partial charge is 0.340 e. The van der Waals surface area contributed by atoms with Crippen molar-refractivity contribution in [2.24, 2.45) is 5.92 Å². The molecule has 1 unspecified atom stereocenters. The number of carbonyl (C=O) groups is 1. The lowest BCUT2D eigenvalue weighted by molar-refractivity contribution is 0.0787. The molecular weight excluding hydrogens is 244 g/mol. The minimum atomic E-state index is -0.149. The molecule has 1 aromatic heterocycles. The van der Waals surface area contributed by atoms with Crippen LogP contribution in [0.1, 0.15) is 17.3 Å². The second kappa shape index (κ2) is 5.19. The number of amides is 1. The first-order valence-electron chi connectivity index (χ1n) is 5.74. The number of benzene rings is 1. The van der Waals surface area contributed by atoms with Crippen LogP contribution in [-0.4, -0.2) is 24.4 Å². The lowest BCUT2D eigenvalue weighted by Gasteiger charge is -2.17. The van der Waals surface area contributed by atoms with Gasteiger partial charge in [-0.3, -0.25) is 4.79 Å². The van der Waals surface area contributed by atoms with Crippen molar-refractivity contribution in [3.63, 3.8) is 0 Å². The summed E-state index contributed by atoms with van der Waals surface area (Å²) in [5, 5.41) is 11.7. The Hall–Kier alpha value is -1.86. The number of rotatable bonds is 3. The van der Waals surface area contributed by atoms with Crippen molar-refractivity contribution in [2.75, 3.05) is 13.6 Å². The van der Waals surface area contributed by atoms with E-state index in [-0.39, 0.29) is 11.8 Å². The molecule has 0 aliphatic carbocycles. The van der Waals surface area contributed by atoms with Crippen LogP contribution in [0.15, 0.2) is 29.6 Å². The summed E-state index contributed by atoms with van der Waals surface area (Å²) in [5.74, 6) is -0.168. The number of hydrogen-bond acceptors (Lipinski definition) is 3. The molecule has 0 N–H and O–H groups in total. The average molecular weight is 258 g/mol. The Morgan fingerprint density at radius 1 is 1.50 bits per heavy atom. The quantitative estimate of drug-likeness (QED) is 0.849. The maximum atomic E-state index is 12.3. The molecule has 92 valence electrons. The minimum Gasteiger partial charge on any atom is -0.340 e. The highest BCUT2D eigenvalue weighted by Crippen LogP contribution is 2.26. The van der Waals surface area contributed by atoms with Crippen molar-refractivity contribution < 1.29 is 4.79 Å². The molecule has 1 heterocycles. The predicted molar refractivity (Wildman–Crippen MR) is 73.6 cm³/mol. The van der Waals surface area contributed by atoms with Crippen molar-refractivity contribution in [2.45, 2.75) is 6.92 Å². The van der Waals surface area contributed by atoms with E-state index in [9.17, 15) is 4.79 Å². The predicted octanol–water partition coefficient (Wildman–Crippen LogP) is 3.13. The number of nitriles is 1. The van der Waals surface area contributed by atoms with E-state index in [0.717, 1.165) is 15.6 Å². The fourth-order valence-corrected chi connectivity index (χ4v) is 2.82. The SMILES string of the molecule is CC(C#N)CN(C)C(=O)c1csc2ccccc12. The molecule has 18 heavy (non-hydrogen) atoms. The van der Waals surface area contributed by atoms with E-state index in [1.54, 1.807) is 23.3 Å². The van der Waals surface area contributed by atoms with Crippen LogP contribution in [0.3, 0.4) is 0 Å². The van der Waals surface area contributed by atoms with Crippen molar-refractivity contribution in [1.82, 2.24) is 4.90 Å². The van der Waals surface area contributed by atoms with E-state index in [4.69, 9.17) is 5.26 Å². The molecule has 0 bridgehead atoms. The highest BCUT2D eigenvalue weighted by atomic mass is 32.1. The molecule has 0 aliphatic rings. The van der Waals surface area contributed by atoms with Gasteiger partial charge in [-0.1, -0.05) is 18.2 Å². The second-order valence-electron chi connectivity index (χ2n) is 4.36. The molecule has 1 aromatic carbocycles. The normalized spacial score (nSPS) is 12.1. The van der Waals surface area contributed by atoms with Gasteiger partial charge in [0, 0.05) is 29.1 Å². The number of nitrogens with zero attached hydrogens (tertiary/aromatic N) is 2. The van der Waals surface area contributed by atoms with Crippen LogP contribution in [-0.2, 0) is 0 Å². The van der Waals surface area contributed by atoms with E-state index in [1.165, 1.54) is 0 Å². The molecular formula is C14H14N2OS. The van der Waals surface area contributed by atoms with Gasteiger partial charge in [-0.15, -0.1) is 11.3 Å². The molecule has 1 amide bonds. The third-order valence-electron chi connectivity index (χ3n) is 2.83. The summed E-state index contributed by atoms with van der Waals surface area (Å²) >= 11 is 1.57. The zero-order valence-electron chi connectivity index (χ0n) is 10.4. The summed E-state index contributed by atoms with van der Waals surface area (Å²) in [4.78, 5) is 13.9. The topological polar surface area (TPSA) is 44.1 Å². The molecule has 4 heteroatoms. The summed E-state index contributed by atoms with van der Waals surface area (Å²) in [7, 11) is 1.74. The zero-order chi connectivity index (χ0) is 13.1. The van der Waals surface area contributed by atoms with Gasteiger partial charge < -0.3 is 4.90 Å². The van der Waals surface area contributed by atoms with E-state index < -0.39 is 0 Å². The molecule has 0 aliphatic heterocycles. The number of hydrogen-bond donors (Lipinski definition) is 0. The standard InChI is InChI=1S/C14H14N2OS/c1-10(7-15)8-16(2)14(17)12-9-18-13-6-4-3-5-11(12)13/h3-6,9-10H,8H2,1-2H3. The molecule has 1 atom stereocenters. The molecule has 2 aromatic rings. The number of fused-ring (bicyclic) bond motifs is 1. The van der Waals surface area contributed by atoms with E-state index in [0.29, 0.717) is 6.54 Å². The molecule has 2 rings (SSSR count). The summed E-state index contributed by atoms with van der Waals surface area (Å²) in [6.07, 6.45) is 0. The monoisotopic (exact) mass is 258 g/mol. The van der Waals surface area contributed by atoms with E-state index in [1.807, 2.05) is 36.6 Å². The summed E-state index contributed by atoms with van der Waals surface area (Å²) in [5.41, 5.74) is 0.725. The van der Waals surface area contributed by atoms with Crippen molar-refractivity contribution in [3.8, 4) is 6.07 Å². The highest BCUT2D eigenvalue weighted by molar-refractivity contribution is 7.17. The summed E-state index contributed by atoms with van der Waals surface area (Å²) in [6.45, 7) is 2.27. The van der Waals surface area contributed by atoms with Gasteiger partial charge >= 0.3 is 0 Å². The number of thiophene rings is 1. The zero-order valence-corrected chi connectivity index (χ0v) is 11.2. The van der Waals surface area contributed by atoms with Crippen molar-refractivity contribution >= 4 is 27.3 Å². The molecule has 3 nitrogen and oxygen atoms in total. The van der Waals surface area contributed by atoms with Crippen molar-refractivity contribution in [1.29, 1.82) is 5.26 Å². The van der Waals surface area contributed by atoms with Gasteiger partial charge in [0.15, 0.2) is 0 Å². The van der Waals surface area contributed by atoms with Gasteiger partial charge in [-0.05, 0) is 13.0 Å². The second-order valence-corrected chi connectivity index (χ2v) is 5.27. The average Bonchev–Trinajstić information content (AvgIpc) is 2.81.